The van der Waals surface area contributed by atoms with E-state index >= 15 is 0 Å². The normalized spacial score (nSPS) is 13.7. The van der Waals surface area contributed by atoms with Gasteiger partial charge in [0.05, 0.1) is 0 Å². The van der Waals surface area contributed by atoms with E-state index < -0.39 is 15.1 Å². The van der Waals surface area contributed by atoms with Gasteiger partial charge >= 0.3 is 0 Å². The van der Waals surface area contributed by atoms with Gasteiger partial charge in [0.1, 0.15) is 11.1 Å². The SMILES string of the molecule is CCCc1nc(N)nc(C(C)S(C)(=O)=O)n1. The minimum atomic E-state index is -3.21. The predicted octanol–water partition coefficient (Wildman–Crippen LogP) is 0.512. The van der Waals surface area contributed by atoms with Gasteiger partial charge in [0.2, 0.25) is 5.95 Å². The highest BCUT2D eigenvalue weighted by Gasteiger charge is 2.21. The van der Waals surface area contributed by atoms with Gasteiger partial charge in [-0.1, -0.05) is 6.92 Å². The number of hydrogen-bond acceptors (Lipinski definition) is 6. The highest BCUT2D eigenvalue weighted by molar-refractivity contribution is 7.90. The summed E-state index contributed by atoms with van der Waals surface area (Å²) in [6, 6.07) is 0. The summed E-state index contributed by atoms with van der Waals surface area (Å²) >= 11 is 0. The average Bonchev–Trinajstić information content (AvgIpc) is 2.14. The number of sulfone groups is 1. The first-order valence-electron chi connectivity index (χ1n) is 5.03. The highest BCUT2D eigenvalue weighted by atomic mass is 32.2. The van der Waals surface area contributed by atoms with Crippen LogP contribution < -0.4 is 5.73 Å². The minimum Gasteiger partial charge on any atom is -0.368 e. The van der Waals surface area contributed by atoms with Crippen molar-refractivity contribution in [3.05, 3.63) is 11.6 Å². The second kappa shape index (κ2) is 4.73. The zero-order valence-corrected chi connectivity index (χ0v) is 10.5. The molecule has 1 aromatic rings. The van der Waals surface area contributed by atoms with Crippen LogP contribution in [0.15, 0.2) is 0 Å². The molecular formula is C9H16N4O2S. The zero-order valence-electron chi connectivity index (χ0n) is 9.64. The van der Waals surface area contributed by atoms with Gasteiger partial charge < -0.3 is 5.73 Å². The lowest BCUT2D eigenvalue weighted by Crippen LogP contribution is -2.15. The Kier molecular flexibility index (Phi) is 3.79. The Morgan fingerprint density at radius 1 is 1.31 bits per heavy atom. The fraction of sp³-hybridized carbons (Fsp3) is 0.667. The van der Waals surface area contributed by atoms with Crippen molar-refractivity contribution in [2.75, 3.05) is 12.0 Å². The van der Waals surface area contributed by atoms with Gasteiger partial charge in [-0.05, 0) is 13.3 Å². The second-order valence-corrected chi connectivity index (χ2v) is 6.06. The van der Waals surface area contributed by atoms with E-state index in [0.717, 1.165) is 12.7 Å². The van der Waals surface area contributed by atoms with Gasteiger partial charge in [0.15, 0.2) is 15.7 Å². The summed E-state index contributed by atoms with van der Waals surface area (Å²) in [5, 5.41) is -0.756. The smallest absolute Gasteiger partial charge is 0.223 e. The van der Waals surface area contributed by atoms with Crippen molar-refractivity contribution in [3.63, 3.8) is 0 Å². The van der Waals surface area contributed by atoms with E-state index in [2.05, 4.69) is 15.0 Å². The molecule has 0 radical (unpaired) electrons. The van der Waals surface area contributed by atoms with Crippen LogP contribution in [-0.4, -0.2) is 29.6 Å². The largest absolute Gasteiger partial charge is 0.368 e. The lowest BCUT2D eigenvalue weighted by Gasteiger charge is -2.09. The molecule has 0 spiro atoms. The van der Waals surface area contributed by atoms with Crippen LogP contribution in [0.3, 0.4) is 0 Å². The lowest BCUT2D eigenvalue weighted by atomic mass is 10.3. The molecule has 0 saturated carbocycles. The number of anilines is 1. The van der Waals surface area contributed by atoms with E-state index in [1.165, 1.54) is 0 Å². The predicted molar refractivity (Wildman–Crippen MR) is 61.5 cm³/mol. The van der Waals surface area contributed by atoms with Gasteiger partial charge in [-0.25, -0.2) is 13.4 Å². The van der Waals surface area contributed by atoms with E-state index in [9.17, 15) is 8.42 Å². The molecule has 0 aromatic carbocycles. The third-order valence-corrected chi connectivity index (χ3v) is 3.69. The standard InChI is InChI=1S/C9H16N4O2S/c1-4-5-7-11-8(13-9(10)12-7)6(2)16(3,14)15/h6H,4-5H2,1-3H3,(H2,10,11,12,13). The lowest BCUT2D eigenvalue weighted by molar-refractivity contribution is 0.588. The number of nitrogens with zero attached hydrogens (tertiary/aromatic N) is 3. The number of rotatable bonds is 4. The van der Waals surface area contributed by atoms with Gasteiger partial charge in [0, 0.05) is 12.7 Å². The Morgan fingerprint density at radius 2 is 1.94 bits per heavy atom. The molecule has 1 rings (SSSR count). The first-order valence-corrected chi connectivity index (χ1v) is 6.99. The topological polar surface area (TPSA) is 98.8 Å². The van der Waals surface area contributed by atoms with Crippen molar-refractivity contribution >= 4 is 15.8 Å². The summed E-state index contributed by atoms with van der Waals surface area (Å²) in [7, 11) is -3.21. The molecule has 1 aromatic heterocycles. The summed E-state index contributed by atoms with van der Waals surface area (Å²) in [5.41, 5.74) is 5.51. The number of aryl methyl sites for hydroxylation is 1. The number of nitrogen functional groups attached to an aromatic ring is 1. The van der Waals surface area contributed by atoms with Crippen molar-refractivity contribution in [3.8, 4) is 0 Å². The highest BCUT2D eigenvalue weighted by Crippen LogP contribution is 2.17. The molecule has 0 aliphatic carbocycles. The second-order valence-electron chi connectivity index (χ2n) is 3.69. The van der Waals surface area contributed by atoms with E-state index in [1.807, 2.05) is 6.92 Å². The van der Waals surface area contributed by atoms with E-state index in [-0.39, 0.29) is 11.8 Å². The number of hydrogen-bond donors (Lipinski definition) is 1. The summed E-state index contributed by atoms with van der Waals surface area (Å²) in [6.45, 7) is 3.53. The van der Waals surface area contributed by atoms with Crippen molar-refractivity contribution in [1.82, 2.24) is 15.0 Å². The summed E-state index contributed by atoms with van der Waals surface area (Å²) in [4.78, 5) is 11.9. The minimum absolute atomic E-state index is 0.0731. The van der Waals surface area contributed by atoms with Crippen molar-refractivity contribution in [2.24, 2.45) is 0 Å². The van der Waals surface area contributed by atoms with Crippen LogP contribution in [0.1, 0.15) is 37.2 Å². The van der Waals surface area contributed by atoms with E-state index in [4.69, 9.17) is 5.73 Å². The molecule has 0 aliphatic rings. The molecule has 7 heteroatoms. The quantitative estimate of drug-likeness (QED) is 0.828. The first kappa shape index (κ1) is 12.8. The third-order valence-electron chi connectivity index (χ3n) is 2.20. The van der Waals surface area contributed by atoms with Gasteiger partial charge in [0.25, 0.3) is 0 Å². The molecule has 0 aliphatic heterocycles. The zero-order chi connectivity index (χ0) is 12.3. The maximum Gasteiger partial charge on any atom is 0.223 e. The van der Waals surface area contributed by atoms with Crippen LogP contribution in [-0.2, 0) is 16.3 Å². The third kappa shape index (κ3) is 3.13. The molecule has 16 heavy (non-hydrogen) atoms. The van der Waals surface area contributed by atoms with Crippen LogP contribution in [0.25, 0.3) is 0 Å². The molecule has 1 atom stereocenters. The van der Waals surface area contributed by atoms with Crippen LogP contribution >= 0.6 is 0 Å². The Labute approximate surface area is 95.2 Å². The van der Waals surface area contributed by atoms with Crippen molar-refractivity contribution < 1.29 is 8.42 Å². The summed E-state index contributed by atoms with van der Waals surface area (Å²) in [6.07, 6.45) is 2.68. The molecule has 1 heterocycles. The molecule has 6 nitrogen and oxygen atoms in total. The van der Waals surface area contributed by atoms with Crippen LogP contribution in [0.4, 0.5) is 5.95 Å². The average molecular weight is 244 g/mol. The molecule has 2 N–H and O–H groups in total. The molecule has 0 amide bonds. The fourth-order valence-corrected chi connectivity index (χ4v) is 1.65. The molecule has 0 fully saturated rings. The van der Waals surface area contributed by atoms with E-state index in [0.29, 0.717) is 12.2 Å². The molecule has 0 saturated heterocycles. The molecule has 0 bridgehead atoms. The van der Waals surface area contributed by atoms with Gasteiger partial charge in [-0.3, -0.25) is 0 Å². The van der Waals surface area contributed by atoms with Crippen molar-refractivity contribution in [1.29, 1.82) is 0 Å². The van der Waals surface area contributed by atoms with Gasteiger partial charge in [-0.2, -0.15) is 9.97 Å². The Bertz CT molecular complexity index is 472. The van der Waals surface area contributed by atoms with Gasteiger partial charge in [-0.15, -0.1) is 0 Å². The molecule has 90 valence electrons. The maximum atomic E-state index is 11.4. The number of aromatic nitrogens is 3. The monoisotopic (exact) mass is 244 g/mol. The van der Waals surface area contributed by atoms with E-state index in [1.54, 1.807) is 6.92 Å². The Balaban J connectivity index is 3.14. The van der Waals surface area contributed by atoms with Crippen LogP contribution in [0.5, 0.6) is 0 Å². The summed E-state index contributed by atoms with van der Waals surface area (Å²) < 4.78 is 22.7. The van der Waals surface area contributed by atoms with Crippen molar-refractivity contribution in [2.45, 2.75) is 31.9 Å². The Morgan fingerprint density at radius 3 is 2.44 bits per heavy atom. The fourth-order valence-electron chi connectivity index (χ4n) is 1.17. The van der Waals surface area contributed by atoms with Crippen LogP contribution in [0.2, 0.25) is 0 Å². The molecule has 1 unspecified atom stereocenters. The summed E-state index contributed by atoms with van der Waals surface area (Å²) in [5.74, 6) is 0.836. The molecular weight excluding hydrogens is 228 g/mol. The first-order chi connectivity index (χ1) is 7.34. The maximum absolute atomic E-state index is 11.4. The number of nitrogens with two attached hydrogens (primary N) is 1. The Hall–Kier alpha value is -1.24. The van der Waals surface area contributed by atoms with Crippen LogP contribution in [0, 0.1) is 0 Å².